The maximum absolute atomic E-state index is 12.3. The fourth-order valence-corrected chi connectivity index (χ4v) is 3.11. The lowest BCUT2D eigenvalue weighted by Gasteiger charge is -2.19. The maximum Gasteiger partial charge on any atom is 0.243 e. The number of sulfonamides is 1. The van der Waals surface area contributed by atoms with Gasteiger partial charge in [-0.25, -0.2) is 8.42 Å². The molecule has 6 heteroatoms. The fraction of sp³-hybridized carbons (Fsp3) is 0.417. The summed E-state index contributed by atoms with van der Waals surface area (Å²) < 4.78 is 25.8. The van der Waals surface area contributed by atoms with E-state index in [4.69, 9.17) is 11.0 Å². The molecule has 0 aliphatic rings. The molecule has 1 aromatic rings. The van der Waals surface area contributed by atoms with Crippen molar-refractivity contribution in [2.75, 3.05) is 19.3 Å². The number of nitrogens with zero attached hydrogens (tertiary/aromatic N) is 2. The van der Waals surface area contributed by atoms with Gasteiger partial charge in [0.05, 0.1) is 16.9 Å². The van der Waals surface area contributed by atoms with Gasteiger partial charge in [-0.05, 0) is 31.5 Å². The summed E-state index contributed by atoms with van der Waals surface area (Å²) in [5.74, 6) is -0.355. The van der Waals surface area contributed by atoms with Crippen LogP contribution in [0.5, 0.6) is 0 Å². The summed E-state index contributed by atoms with van der Waals surface area (Å²) in [5, 5.41) is 8.73. The van der Waals surface area contributed by atoms with Crippen molar-refractivity contribution in [1.29, 1.82) is 5.26 Å². The zero-order chi connectivity index (χ0) is 13.9. The van der Waals surface area contributed by atoms with Crippen molar-refractivity contribution in [3.63, 3.8) is 0 Å². The molecule has 0 saturated heterocycles. The lowest BCUT2D eigenvalue weighted by Crippen LogP contribution is -2.31. The first-order chi connectivity index (χ1) is 8.30. The van der Waals surface area contributed by atoms with E-state index >= 15 is 0 Å². The number of nitrogens with two attached hydrogens (primary N) is 1. The van der Waals surface area contributed by atoms with E-state index in [1.165, 1.54) is 17.4 Å². The molecule has 0 fully saturated rings. The molecule has 0 aliphatic heterocycles. The van der Waals surface area contributed by atoms with Gasteiger partial charge in [0, 0.05) is 19.3 Å². The highest BCUT2D eigenvalue weighted by atomic mass is 32.2. The van der Waals surface area contributed by atoms with Crippen LogP contribution in [0.4, 0.5) is 5.69 Å². The van der Waals surface area contributed by atoms with Crippen LogP contribution < -0.4 is 5.73 Å². The van der Waals surface area contributed by atoms with Gasteiger partial charge in [0.25, 0.3) is 0 Å². The monoisotopic (exact) mass is 267 g/mol. The molecule has 5 nitrogen and oxygen atoms in total. The molecule has 1 aromatic carbocycles. The highest BCUT2D eigenvalue weighted by Gasteiger charge is 2.24. The van der Waals surface area contributed by atoms with Crippen LogP contribution in [0.25, 0.3) is 0 Å². The van der Waals surface area contributed by atoms with Crippen LogP contribution in [0, 0.1) is 24.2 Å². The first-order valence-electron chi connectivity index (χ1n) is 5.51. The van der Waals surface area contributed by atoms with Crippen LogP contribution in [0.2, 0.25) is 0 Å². The molecular formula is C12H17N3O2S. The summed E-state index contributed by atoms with van der Waals surface area (Å²) in [4.78, 5) is 0.190. The number of rotatable bonds is 4. The minimum Gasteiger partial charge on any atom is -0.398 e. The molecule has 0 aromatic heterocycles. The Balaban J connectivity index is 3.15. The van der Waals surface area contributed by atoms with E-state index in [2.05, 4.69) is 0 Å². The second-order valence-electron chi connectivity index (χ2n) is 4.29. The minimum atomic E-state index is -3.60. The molecule has 18 heavy (non-hydrogen) atoms. The average Bonchev–Trinajstić information content (AvgIpc) is 2.32. The third kappa shape index (κ3) is 2.81. The van der Waals surface area contributed by atoms with Gasteiger partial charge in [-0.15, -0.1) is 0 Å². The van der Waals surface area contributed by atoms with Crippen molar-refractivity contribution in [2.24, 2.45) is 5.92 Å². The Hall–Kier alpha value is -1.58. The maximum atomic E-state index is 12.3. The number of hydrogen-bond donors (Lipinski definition) is 1. The van der Waals surface area contributed by atoms with Crippen molar-refractivity contribution < 1.29 is 8.42 Å². The van der Waals surface area contributed by atoms with Crippen LogP contribution >= 0.6 is 0 Å². The number of benzene rings is 1. The van der Waals surface area contributed by atoms with E-state index < -0.39 is 10.0 Å². The topological polar surface area (TPSA) is 87.2 Å². The van der Waals surface area contributed by atoms with Crippen molar-refractivity contribution in [2.45, 2.75) is 18.7 Å². The van der Waals surface area contributed by atoms with Crippen LogP contribution in [0.3, 0.4) is 0 Å². The van der Waals surface area contributed by atoms with Gasteiger partial charge < -0.3 is 5.73 Å². The van der Waals surface area contributed by atoms with E-state index in [0.717, 1.165) is 0 Å². The van der Waals surface area contributed by atoms with Gasteiger partial charge in [0.2, 0.25) is 10.0 Å². The summed E-state index contributed by atoms with van der Waals surface area (Å²) in [6.45, 7) is 3.51. The number of anilines is 1. The standard InChI is InChI=1S/C12H17N3O2S/c1-9(7-13)8-15(3)18(16,17)12-6-4-5-11(14)10(12)2/h4-6,9H,8,14H2,1-3H3. The summed E-state index contributed by atoms with van der Waals surface area (Å²) in [5.41, 5.74) is 6.69. The molecule has 0 heterocycles. The first-order valence-corrected chi connectivity index (χ1v) is 6.95. The molecule has 0 radical (unpaired) electrons. The SMILES string of the molecule is Cc1c(N)cccc1S(=O)(=O)N(C)CC(C)C#N. The fourth-order valence-electron chi connectivity index (χ4n) is 1.60. The van der Waals surface area contributed by atoms with E-state index in [-0.39, 0.29) is 17.4 Å². The molecule has 98 valence electrons. The number of nitrogen functional groups attached to an aromatic ring is 1. The largest absolute Gasteiger partial charge is 0.398 e. The molecule has 0 bridgehead atoms. The summed E-state index contributed by atoms with van der Waals surface area (Å²) in [6.07, 6.45) is 0. The van der Waals surface area contributed by atoms with Gasteiger partial charge in [-0.2, -0.15) is 9.57 Å². The minimum absolute atomic E-state index is 0.160. The number of hydrogen-bond acceptors (Lipinski definition) is 4. The van der Waals surface area contributed by atoms with Gasteiger partial charge in [0.15, 0.2) is 0 Å². The Morgan fingerprint density at radius 3 is 2.67 bits per heavy atom. The molecule has 1 atom stereocenters. The van der Waals surface area contributed by atoms with Crippen LogP contribution in [0.15, 0.2) is 23.1 Å². The van der Waals surface area contributed by atoms with E-state index in [0.29, 0.717) is 11.3 Å². The van der Waals surface area contributed by atoms with Crippen LogP contribution in [0.1, 0.15) is 12.5 Å². The Labute approximate surface area is 108 Å². The van der Waals surface area contributed by atoms with Crippen LogP contribution in [-0.4, -0.2) is 26.3 Å². The van der Waals surface area contributed by atoms with Gasteiger partial charge in [-0.3, -0.25) is 0 Å². The third-order valence-electron chi connectivity index (χ3n) is 2.77. The quantitative estimate of drug-likeness (QED) is 0.834. The van der Waals surface area contributed by atoms with E-state index in [1.807, 2.05) is 6.07 Å². The summed E-state index contributed by atoms with van der Waals surface area (Å²) in [7, 11) is -2.13. The van der Waals surface area contributed by atoms with Gasteiger partial charge >= 0.3 is 0 Å². The second kappa shape index (κ2) is 5.38. The number of nitriles is 1. The summed E-state index contributed by atoms with van der Waals surface area (Å²) >= 11 is 0. The lowest BCUT2D eigenvalue weighted by atomic mass is 10.2. The summed E-state index contributed by atoms with van der Waals surface area (Å²) in [6, 6.07) is 6.80. The molecule has 2 N–H and O–H groups in total. The molecule has 0 saturated carbocycles. The molecule has 0 aliphatic carbocycles. The van der Waals surface area contributed by atoms with Crippen molar-refractivity contribution >= 4 is 15.7 Å². The zero-order valence-corrected chi connectivity index (χ0v) is 11.5. The normalized spacial score (nSPS) is 13.3. The Morgan fingerprint density at radius 2 is 2.11 bits per heavy atom. The molecule has 1 unspecified atom stereocenters. The Kier molecular flexibility index (Phi) is 4.33. The highest BCUT2D eigenvalue weighted by Crippen LogP contribution is 2.23. The van der Waals surface area contributed by atoms with Crippen LogP contribution in [-0.2, 0) is 10.0 Å². The molecule has 0 amide bonds. The van der Waals surface area contributed by atoms with Gasteiger partial charge in [0.1, 0.15) is 0 Å². The second-order valence-corrected chi connectivity index (χ2v) is 6.30. The van der Waals surface area contributed by atoms with E-state index in [9.17, 15) is 8.42 Å². The molecule has 0 spiro atoms. The lowest BCUT2D eigenvalue weighted by molar-refractivity contribution is 0.439. The Bertz CT molecular complexity index is 575. The Morgan fingerprint density at radius 1 is 1.50 bits per heavy atom. The molecular weight excluding hydrogens is 250 g/mol. The predicted octanol–water partition coefficient (Wildman–Crippen LogP) is 1.36. The predicted molar refractivity (Wildman–Crippen MR) is 70.2 cm³/mol. The highest BCUT2D eigenvalue weighted by molar-refractivity contribution is 7.89. The van der Waals surface area contributed by atoms with Crippen molar-refractivity contribution in [3.05, 3.63) is 23.8 Å². The van der Waals surface area contributed by atoms with Crippen molar-refractivity contribution in [3.8, 4) is 6.07 Å². The average molecular weight is 267 g/mol. The zero-order valence-electron chi connectivity index (χ0n) is 10.7. The first kappa shape index (κ1) is 14.5. The third-order valence-corrected chi connectivity index (χ3v) is 4.73. The van der Waals surface area contributed by atoms with Gasteiger partial charge in [-0.1, -0.05) is 6.07 Å². The molecule has 1 rings (SSSR count). The van der Waals surface area contributed by atoms with E-state index in [1.54, 1.807) is 26.0 Å². The van der Waals surface area contributed by atoms with Crippen molar-refractivity contribution in [1.82, 2.24) is 4.31 Å². The smallest absolute Gasteiger partial charge is 0.243 e.